The number of halogens is 3. The molecule has 0 spiro atoms. The Morgan fingerprint density at radius 3 is 2.36 bits per heavy atom. The van der Waals surface area contributed by atoms with Crippen molar-refractivity contribution in [2.45, 2.75) is 18.0 Å². The van der Waals surface area contributed by atoms with Gasteiger partial charge in [0.25, 0.3) is 0 Å². The Bertz CT molecular complexity index is 1150. The summed E-state index contributed by atoms with van der Waals surface area (Å²) in [7, 11) is -0.905. The number of hydrogen-bond acceptors (Lipinski definition) is 5. The van der Waals surface area contributed by atoms with Gasteiger partial charge in [-0.3, -0.25) is 0 Å². The minimum Gasteiger partial charge on any atom is -0.340 e. The fourth-order valence-corrected chi connectivity index (χ4v) is 3.73. The molecule has 28 heavy (non-hydrogen) atoms. The molecule has 0 unspecified atom stereocenters. The van der Waals surface area contributed by atoms with Crippen LogP contribution in [-0.2, 0) is 16.2 Å². The first kappa shape index (κ1) is 20.0. The molecule has 1 aromatic heterocycles. The fourth-order valence-electron chi connectivity index (χ4n) is 2.59. The number of para-hydroxylation sites is 1. The van der Waals surface area contributed by atoms with Crippen LogP contribution in [0.5, 0.6) is 0 Å². The van der Waals surface area contributed by atoms with Crippen LogP contribution in [0.3, 0.4) is 0 Å². The van der Waals surface area contributed by atoms with Crippen molar-refractivity contribution in [3.63, 3.8) is 0 Å². The van der Waals surface area contributed by atoms with Crippen LogP contribution in [-0.4, -0.2) is 36.8 Å². The minimum absolute atomic E-state index is 0.0527. The van der Waals surface area contributed by atoms with Gasteiger partial charge in [-0.25, -0.2) is 22.7 Å². The summed E-state index contributed by atoms with van der Waals surface area (Å²) in [5.74, 6) is -1.34. The van der Waals surface area contributed by atoms with Gasteiger partial charge in [0.15, 0.2) is 0 Å². The number of benzene rings is 2. The first-order chi connectivity index (χ1) is 13.0. The van der Waals surface area contributed by atoms with E-state index in [4.69, 9.17) is 0 Å². The highest BCUT2D eigenvalue weighted by molar-refractivity contribution is 7.89. The molecule has 0 aliphatic rings. The average molecular weight is 410 g/mol. The Balaban J connectivity index is 2.13. The number of nitrogens with one attached hydrogen (secondary N) is 1. The van der Waals surface area contributed by atoms with E-state index in [0.29, 0.717) is 16.6 Å². The zero-order valence-corrected chi connectivity index (χ0v) is 16.1. The topological polar surface area (TPSA) is 75.2 Å². The second kappa shape index (κ2) is 7.02. The van der Waals surface area contributed by atoms with Crippen LogP contribution >= 0.6 is 0 Å². The molecule has 3 rings (SSSR count). The minimum atomic E-state index is -4.72. The molecule has 0 aliphatic carbocycles. The van der Waals surface area contributed by atoms with Crippen molar-refractivity contribution in [1.29, 1.82) is 0 Å². The lowest BCUT2D eigenvalue weighted by atomic mass is 10.2. The standard InChI is InChI=1S/C18H17F3N4O2S/c1-11-8-9-12(10-15(11)28(26,27)25(2)3)22-16-13-6-4-5-7-14(13)23-17(24-16)18(19,20)21/h4-10H,1-3H3,(H,22,23,24). The van der Waals surface area contributed by atoms with Gasteiger partial charge in [0.2, 0.25) is 15.8 Å². The molecule has 1 N–H and O–H groups in total. The molecule has 0 saturated carbocycles. The molecule has 0 amide bonds. The highest BCUT2D eigenvalue weighted by atomic mass is 32.2. The summed E-state index contributed by atoms with van der Waals surface area (Å²) in [6.45, 7) is 1.64. The monoisotopic (exact) mass is 410 g/mol. The highest BCUT2D eigenvalue weighted by Crippen LogP contribution is 2.32. The van der Waals surface area contributed by atoms with Crippen LogP contribution in [0.15, 0.2) is 47.4 Å². The molecule has 3 aromatic rings. The van der Waals surface area contributed by atoms with Gasteiger partial charge in [-0.2, -0.15) is 13.2 Å². The smallest absolute Gasteiger partial charge is 0.340 e. The lowest BCUT2D eigenvalue weighted by molar-refractivity contribution is -0.144. The molecule has 10 heteroatoms. The Morgan fingerprint density at radius 1 is 1.04 bits per heavy atom. The van der Waals surface area contributed by atoms with E-state index in [9.17, 15) is 21.6 Å². The van der Waals surface area contributed by atoms with Crippen molar-refractivity contribution in [2.24, 2.45) is 0 Å². The second-order valence-electron chi connectivity index (χ2n) is 6.30. The number of alkyl halides is 3. The molecule has 0 bridgehead atoms. The molecule has 1 heterocycles. The molecule has 148 valence electrons. The third-order valence-electron chi connectivity index (χ3n) is 4.07. The van der Waals surface area contributed by atoms with Crippen molar-refractivity contribution in [1.82, 2.24) is 14.3 Å². The van der Waals surface area contributed by atoms with Crippen molar-refractivity contribution >= 4 is 32.4 Å². The van der Waals surface area contributed by atoms with E-state index < -0.39 is 22.0 Å². The summed E-state index contributed by atoms with van der Waals surface area (Å²) >= 11 is 0. The molecule has 0 saturated heterocycles. The number of aromatic nitrogens is 2. The third-order valence-corrected chi connectivity index (χ3v) is 6.02. The second-order valence-corrected chi connectivity index (χ2v) is 8.42. The fraction of sp³-hybridized carbons (Fsp3) is 0.222. The molecule has 0 fully saturated rings. The summed E-state index contributed by atoms with van der Waals surface area (Å²) in [5, 5.41) is 3.19. The maximum absolute atomic E-state index is 13.2. The Labute approximate surface area is 160 Å². The molecule has 0 atom stereocenters. The predicted octanol–water partition coefficient (Wildman–Crippen LogP) is 3.95. The van der Waals surface area contributed by atoms with Crippen LogP contribution in [0.25, 0.3) is 10.9 Å². The van der Waals surface area contributed by atoms with Crippen molar-refractivity contribution in [2.75, 3.05) is 19.4 Å². The number of hydrogen-bond donors (Lipinski definition) is 1. The lowest BCUT2D eigenvalue weighted by Crippen LogP contribution is -2.23. The van der Waals surface area contributed by atoms with Gasteiger partial charge in [0.05, 0.1) is 10.4 Å². The third kappa shape index (κ3) is 3.78. The van der Waals surface area contributed by atoms with E-state index in [1.807, 2.05) is 0 Å². The van der Waals surface area contributed by atoms with E-state index in [1.54, 1.807) is 37.3 Å². The number of sulfonamides is 1. The van der Waals surface area contributed by atoms with E-state index in [-0.39, 0.29) is 16.2 Å². The molecule has 0 radical (unpaired) electrons. The summed E-state index contributed by atoms with van der Waals surface area (Å²) in [6, 6.07) is 10.8. The van der Waals surface area contributed by atoms with Gasteiger partial charge in [-0.1, -0.05) is 18.2 Å². The van der Waals surface area contributed by atoms with Crippen LogP contribution in [0, 0.1) is 6.92 Å². The number of nitrogens with zero attached hydrogens (tertiary/aromatic N) is 3. The summed E-state index contributed by atoms with van der Waals surface area (Å²) in [5.41, 5.74) is 0.936. The van der Waals surface area contributed by atoms with Gasteiger partial charge in [0.1, 0.15) is 5.82 Å². The van der Waals surface area contributed by atoms with Crippen molar-refractivity contribution < 1.29 is 21.6 Å². The molecule has 0 aliphatic heterocycles. The Kier molecular flexibility index (Phi) is 5.02. The van der Waals surface area contributed by atoms with Crippen LogP contribution < -0.4 is 5.32 Å². The number of anilines is 2. The zero-order chi connectivity index (χ0) is 20.7. The summed E-state index contributed by atoms with van der Waals surface area (Å²) in [6.07, 6.45) is -4.72. The Morgan fingerprint density at radius 2 is 1.71 bits per heavy atom. The SMILES string of the molecule is Cc1ccc(Nc2nc(C(F)(F)F)nc3ccccc23)cc1S(=O)(=O)N(C)C. The average Bonchev–Trinajstić information content (AvgIpc) is 2.62. The predicted molar refractivity (Wildman–Crippen MR) is 99.9 cm³/mol. The van der Waals surface area contributed by atoms with Gasteiger partial charge in [-0.05, 0) is 36.8 Å². The van der Waals surface area contributed by atoms with Gasteiger partial charge in [-0.15, -0.1) is 0 Å². The van der Waals surface area contributed by atoms with Crippen LogP contribution in [0.2, 0.25) is 0 Å². The van der Waals surface area contributed by atoms with Crippen LogP contribution in [0.1, 0.15) is 11.4 Å². The maximum Gasteiger partial charge on any atom is 0.451 e. The zero-order valence-electron chi connectivity index (χ0n) is 15.2. The van der Waals surface area contributed by atoms with E-state index in [2.05, 4.69) is 15.3 Å². The van der Waals surface area contributed by atoms with E-state index in [0.717, 1.165) is 4.31 Å². The van der Waals surface area contributed by atoms with E-state index >= 15 is 0 Å². The normalized spacial score (nSPS) is 12.5. The van der Waals surface area contributed by atoms with E-state index in [1.165, 1.54) is 26.2 Å². The maximum atomic E-state index is 13.2. The lowest BCUT2D eigenvalue weighted by Gasteiger charge is -2.16. The summed E-state index contributed by atoms with van der Waals surface area (Å²) in [4.78, 5) is 7.23. The number of aryl methyl sites for hydroxylation is 1. The molecule has 6 nitrogen and oxygen atoms in total. The first-order valence-electron chi connectivity index (χ1n) is 8.14. The quantitative estimate of drug-likeness (QED) is 0.705. The number of fused-ring (bicyclic) bond motifs is 1. The number of rotatable bonds is 4. The molecular weight excluding hydrogens is 393 g/mol. The Hall–Kier alpha value is -2.72. The molecule has 2 aromatic carbocycles. The van der Waals surface area contributed by atoms with Gasteiger partial charge >= 0.3 is 6.18 Å². The highest BCUT2D eigenvalue weighted by Gasteiger charge is 2.35. The van der Waals surface area contributed by atoms with Crippen LogP contribution in [0.4, 0.5) is 24.7 Å². The van der Waals surface area contributed by atoms with Gasteiger partial charge in [0, 0.05) is 25.2 Å². The van der Waals surface area contributed by atoms with Crippen molar-refractivity contribution in [3.05, 3.63) is 53.9 Å². The van der Waals surface area contributed by atoms with Gasteiger partial charge < -0.3 is 5.32 Å². The van der Waals surface area contributed by atoms with Crippen molar-refractivity contribution in [3.8, 4) is 0 Å². The summed E-state index contributed by atoms with van der Waals surface area (Å²) < 4.78 is 65.5. The molecular formula is C18H17F3N4O2S. The first-order valence-corrected chi connectivity index (χ1v) is 9.58. The largest absolute Gasteiger partial charge is 0.451 e.